The Hall–Kier alpha value is -0.700. The van der Waals surface area contributed by atoms with Crippen molar-refractivity contribution >= 4 is 38.9 Å². The van der Waals surface area contributed by atoms with Crippen molar-refractivity contribution in [3.63, 3.8) is 0 Å². The number of nitrogens with one attached hydrogen (secondary N) is 1. The van der Waals surface area contributed by atoms with Crippen LogP contribution in [0, 0.1) is 6.92 Å². The summed E-state index contributed by atoms with van der Waals surface area (Å²) in [4.78, 5) is 17.1. The first kappa shape index (κ1) is 16.4. The first-order valence-corrected chi connectivity index (χ1v) is 8.40. The Kier molecular flexibility index (Phi) is 5.72. The number of aryl methyl sites for hydroxylation is 1. The summed E-state index contributed by atoms with van der Waals surface area (Å²) in [6, 6.07) is 0. The lowest BCUT2D eigenvalue weighted by Crippen LogP contribution is -2.39. The molecule has 0 radical (unpaired) electrons. The second-order valence-electron chi connectivity index (χ2n) is 3.73. The van der Waals surface area contributed by atoms with Crippen molar-refractivity contribution in [2.45, 2.75) is 25.0 Å². The summed E-state index contributed by atoms with van der Waals surface area (Å²) in [6.07, 6.45) is 0. The molecular formula is C10H16ClN3O3S2. The maximum Gasteiger partial charge on any atom is 0.252 e. The van der Waals surface area contributed by atoms with E-state index in [1.807, 2.05) is 13.8 Å². The molecule has 108 valence electrons. The fourth-order valence-corrected chi connectivity index (χ4v) is 4.27. The predicted octanol–water partition coefficient (Wildman–Crippen LogP) is 1.25. The topological polar surface area (TPSA) is 79.4 Å². The first-order chi connectivity index (χ1) is 8.81. The molecule has 0 atom stereocenters. The zero-order valence-corrected chi connectivity index (χ0v) is 13.3. The molecule has 9 heteroatoms. The monoisotopic (exact) mass is 325 g/mol. The Morgan fingerprint density at radius 3 is 2.42 bits per heavy atom. The minimum atomic E-state index is -3.74. The Morgan fingerprint density at radius 2 is 2.00 bits per heavy atom. The molecule has 0 saturated heterocycles. The summed E-state index contributed by atoms with van der Waals surface area (Å²) >= 11 is 6.54. The van der Waals surface area contributed by atoms with Crippen LogP contribution in [0.5, 0.6) is 0 Å². The molecule has 1 rings (SSSR count). The van der Waals surface area contributed by atoms with Gasteiger partial charge in [0.05, 0.1) is 12.2 Å². The highest BCUT2D eigenvalue weighted by Gasteiger charge is 2.22. The fraction of sp³-hybridized carbons (Fsp3) is 0.600. The molecule has 0 aliphatic carbocycles. The SMILES string of the molecule is CCN(CC)C(=O)CNS(=O)(=O)c1sc(Cl)nc1C. The van der Waals surface area contributed by atoms with E-state index >= 15 is 0 Å². The van der Waals surface area contributed by atoms with Gasteiger partial charge in [0.25, 0.3) is 10.0 Å². The van der Waals surface area contributed by atoms with Gasteiger partial charge in [0, 0.05) is 13.1 Å². The summed E-state index contributed by atoms with van der Waals surface area (Å²) in [5, 5.41) is 0. The highest BCUT2D eigenvalue weighted by Crippen LogP contribution is 2.26. The van der Waals surface area contributed by atoms with E-state index in [2.05, 4.69) is 9.71 Å². The number of carbonyl (C=O) groups excluding carboxylic acids is 1. The summed E-state index contributed by atoms with van der Waals surface area (Å²) in [6.45, 7) is 6.05. The number of aromatic nitrogens is 1. The van der Waals surface area contributed by atoms with Gasteiger partial charge in [0.15, 0.2) is 8.68 Å². The van der Waals surface area contributed by atoms with Crippen LogP contribution < -0.4 is 4.72 Å². The van der Waals surface area contributed by atoms with E-state index in [-0.39, 0.29) is 21.1 Å². The number of carbonyl (C=O) groups is 1. The number of nitrogens with zero attached hydrogens (tertiary/aromatic N) is 2. The predicted molar refractivity (Wildman–Crippen MR) is 75.0 cm³/mol. The van der Waals surface area contributed by atoms with Crippen LogP contribution in [-0.2, 0) is 14.8 Å². The molecule has 1 aromatic rings. The quantitative estimate of drug-likeness (QED) is 0.853. The second kappa shape index (κ2) is 6.65. The third-order valence-corrected chi connectivity index (χ3v) is 5.77. The van der Waals surface area contributed by atoms with E-state index in [9.17, 15) is 13.2 Å². The lowest BCUT2D eigenvalue weighted by molar-refractivity contribution is -0.129. The Bertz CT molecular complexity index is 552. The van der Waals surface area contributed by atoms with Crippen LogP contribution >= 0.6 is 22.9 Å². The lowest BCUT2D eigenvalue weighted by Gasteiger charge is -2.18. The molecule has 0 unspecified atom stereocenters. The molecule has 1 N–H and O–H groups in total. The highest BCUT2D eigenvalue weighted by atomic mass is 35.5. The standard InChI is InChI=1S/C10H16ClN3O3S2/c1-4-14(5-2)8(15)6-12-19(16,17)9-7(3)13-10(11)18-9/h12H,4-6H2,1-3H3. The van der Waals surface area contributed by atoms with Gasteiger partial charge in [0.2, 0.25) is 5.91 Å². The number of sulfonamides is 1. The van der Waals surface area contributed by atoms with Crippen LogP contribution in [0.25, 0.3) is 0 Å². The number of hydrogen-bond donors (Lipinski definition) is 1. The van der Waals surface area contributed by atoms with Crippen LogP contribution in [0.4, 0.5) is 0 Å². The molecule has 0 bridgehead atoms. The number of thiazole rings is 1. The third kappa shape index (κ3) is 4.13. The van der Waals surface area contributed by atoms with Crippen LogP contribution in [0.1, 0.15) is 19.5 Å². The van der Waals surface area contributed by atoms with Gasteiger partial charge in [-0.15, -0.1) is 0 Å². The molecule has 1 heterocycles. The number of hydrogen-bond acceptors (Lipinski definition) is 5. The largest absolute Gasteiger partial charge is 0.342 e. The summed E-state index contributed by atoms with van der Waals surface area (Å²) < 4.78 is 26.5. The van der Waals surface area contributed by atoms with Gasteiger partial charge < -0.3 is 4.90 Å². The van der Waals surface area contributed by atoms with Gasteiger partial charge in [0.1, 0.15) is 0 Å². The molecule has 19 heavy (non-hydrogen) atoms. The van der Waals surface area contributed by atoms with Gasteiger partial charge in [-0.1, -0.05) is 22.9 Å². The van der Waals surface area contributed by atoms with Crippen LogP contribution in [0.2, 0.25) is 4.47 Å². The minimum Gasteiger partial charge on any atom is -0.342 e. The maximum absolute atomic E-state index is 12.0. The van der Waals surface area contributed by atoms with Crippen LogP contribution in [0.3, 0.4) is 0 Å². The Balaban J connectivity index is 2.77. The molecule has 0 aliphatic heterocycles. The highest BCUT2D eigenvalue weighted by molar-refractivity contribution is 7.91. The normalized spacial score (nSPS) is 11.6. The smallest absolute Gasteiger partial charge is 0.252 e. The van der Waals surface area contributed by atoms with Crippen LogP contribution in [-0.4, -0.2) is 43.8 Å². The first-order valence-electron chi connectivity index (χ1n) is 5.72. The third-order valence-electron chi connectivity index (χ3n) is 2.50. The van der Waals surface area contributed by atoms with Gasteiger partial charge in [-0.25, -0.2) is 18.1 Å². The zero-order chi connectivity index (χ0) is 14.6. The average Bonchev–Trinajstić information content (AvgIpc) is 2.68. The van der Waals surface area contributed by atoms with E-state index < -0.39 is 10.0 Å². The van der Waals surface area contributed by atoms with Crippen LogP contribution in [0.15, 0.2) is 4.21 Å². The van der Waals surface area contributed by atoms with E-state index in [0.29, 0.717) is 18.8 Å². The molecule has 0 aliphatic rings. The van der Waals surface area contributed by atoms with Crippen molar-refractivity contribution in [3.05, 3.63) is 10.2 Å². The van der Waals surface area contributed by atoms with Crippen molar-refractivity contribution in [2.24, 2.45) is 0 Å². The average molecular weight is 326 g/mol. The molecule has 1 aromatic heterocycles. The lowest BCUT2D eigenvalue weighted by atomic mass is 10.4. The van der Waals surface area contributed by atoms with E-state index in [4.69, 9.17) is 11.6 Å². The van der Waals surface area contributed by atoms with Gasteiger partial charge in [-0.2, -0.15) is 0 Å². The molecule has 1 amide bonds. The number of likely N-dealkylation sites (N-methyl/N-ethyl adjacent to an activating group) is 1. The number of rotatable bonds is 6. The molecule has 0 spiro atoms. The summed E-state index contributed by atoms with van der Waals surface area (Å²) in [5.74, 6) is -0.262. The van der Waals surface area contributed by atoms with Crippen molar-refractivity contribution in [1.82, 2.24) is 14.6 Å². The number of amides is 1. The van der Waals surface area contributed by atoms with E-state index in [1.54, 1.807) is 11.8 Å². The van der Waals surface area contributed by atoms with Crippen molar-refractivity contribution < 1.29 is 13.2 Å². The second-order valence-corrected chi connectivity index (χ2v) is 7.27. The summed E-state index contributed by atoms with van der Waals surface area (Å²) in [7, 11) is -3.74. The van der Waals surface area contributed by atoms with E-state index in [1.165, 1.54) is 0 Å². The Labute approximate surface area is 121 Å². The van der Waals surface area contributed by atoms with E-state index in [0.717, 1.165) is 11.3 Å². The molecular weight excluding hydrogens is 310 g/mol. The maximum atomic E-state index is 12.0. The van der Waals surface area contributed by atoms with Crippen molar-refractivity contribution in [3.8, 4) is 0 Å². The van der Waals surface area contributed by atoms with Crippen molar-refractivity contribution in [1.29, 1.82) is 0 Å². The number of halogens is 1. The Morgan fingerprint density at radius 1 is 1.42 bits per heavy atom. The van der Waals surface area contributed by atoms with Gasteiger partial charge in [-0.05, 0) is 20.8 Å². The molecule has 6 nitrogen and oxygen atoms in total. The zero-order valence-electron chi connectivity index (χ0n) is 10.9. The molecule has 0 aromatic carbocycles. The molecule has 0 saturated carbocycles. The van der Waals surface area contributed by atoms with Crippen molar-refractivity contribution in [2.75, 3.05) is 19.6 Å². The van der Waals surface area contributed by atoms with Gasteiger partial charge in [-0.3, -0.25) is 4.79 Å². The fourth-order valence-electron chi connectivity index (χ4n) is 1.51. The minimum absolute atomic E-state index is 0.0462. The summed E-state index contributed by atoms with van der Waals surface area (Å²) in [5.41, 5.74) is 0.331. The van der Waals surface area contributed by atoms with Gasteiger partial charge >= 0.3 is 0 Å². The molecule has 0 fully saturated rings.